The molecule has 0 radical (unpaired) electrons. The van der Waals surface area contributed by atoms with Gasteiger partial charge in [-0.1, -0.05) is 31.1 Å². The van der Waals surface area contributed by atoms with Gasteiger partial charge in [0.2, 0.25) is 0 Å². The number of carbonyl (C=O) groups excluding carboxylic acids is 1. The van der Waals surface area contributed by atoms with Crippen LogP contribution < -0.4 is 5.32 Å². The molecule has 1 aromatic carbocycles. The summed E-state index contributed by atoms with van der Waals surface area (Å²) >= 11 is 0. The molecule has 1 amide bonds. The lowest BCUT2D eigenvalue weighted by Gasteiger charge is -2.09. The molecule has 1 atom stereocenters. The summed E-state index contributed by atoms with van der Waals surface area (Å²) in [4.78, 5) is 23.1. The van der Waals surface area contributed by atoms with Crippen LogP contribution in [0.25, 0.3) is 0 Å². The molecule has 0 aliphatic rings. The van der Waals surface area contributed by atoms with Gasteiger partial charge in [0.1, 0.15) is 5.76 Å². The number of aromatic nitrogens is 1. The van der Waals surface area contributed by atoms with Crippen LogP contribution in [0.1, 0.15) is 54.4 Å². The molecule has 22 heavy (non-hydrogen) atoms. The second-order valence-corrected chi connectivity index (χ2v) is 5.41. The molecular formula is C16H18N2O4. The molecule has 2 N–H and O–H groups in total. The van der Waals surface area contributed by atoms with Crippen molar-refractivity contribution in [1.82, 2.24) is 5.16 Å². The molecule has 1 aromatic heterocycles. The number of rotatable bonds is 5. The highest BCUT2D eigenvalue weighted by molar-refractivity contribution is 6.02. The van der Waals surface area contributed by atoms with Gasteiger partial charge in [0.15, 0.2) is 5.69 Å². The van der Waals surface area contributed by atoms with Gasteiger partial charge >= 0.3 is 5.97 Å². The van der Waals surface area contributed by atoms with Crippen LogP contribution >= 0.6 is 0 Å². The molecule has 1 heterocycles. The van der Waals surface area contributed by atoms with Crippen LogP contribution in [0, 0.1) is 0 Å². The van der Waals surface area contributed by atoms with Crippen LogP contribution in [-0.4, -0.2) is 22.1 Å². The van der Waals surface area contributed by atoms with Crippen LogP contribution in [0.4, 0.5) is 5.69 Å². The number of hydrogen-bond donors (Lipinski definition) is 2. The topological polar surface area (TPSA) is 92.4 Å². The maximum absolute atomic E-state index is 12.1. The van der Waals surface area contributed by atoms with Gasteiger partial charge in [-0.25, -0.2) is 0 Å². The summed E-state index contributed by atoms with van der Waals surface area (Å²) in [6, 6.07) is 8.34. The molecule has 0 saturated heterocycles. The van der Waals surface area contributed by atoms with Crippen LogP contribution in [-0.2, 0) is 4.79 Å². The van der Waals surface area contributed by atoms with Gasteiger partial charge < -0.3 is 14.9 Å². The summed E-state index contributed by atoms with van der Waals surface area (Å²) in [6.45, 7) is 5.48. The normalized spacial score (nSPS) is 12.2. The monoisotopic (exact) mass is 302 g/mol. The van der Waals surface area contributed by atoms with Crippen LogP contribution in [0.2, 0.25) is 0 Å². The number of nitrogens with one attached hydrogen (secondary N) is 1. The number of aliphatic carboxylic acids is 1. The molecule has 1 unspecified atom stereocenters. The number of amides is 1. The molecule has 6 heteroatoms. The van der Waals surface area contributed by atoms with Crippen molar-refractivity contribution in [1.29, 1.82) is 0 Å². The largest absolute Gasteiger partial charge is 0.481 e. The van der Waals surface area contributed by atoms with Gasteiger partial charge in [-0.3, -0.25) is 9.59 Å². The minimum atomic E-state index is -0.915. The van der Waals surface area contributed by atoms with Crippen molar-refractivity contribution < 1.29 is 19.2 Å². The second kappa shape index (κ2) is 6.43. The van der Waals surface area contributed by atoms with E-state index in [4.69, 9.17) is 9.63 Å². The maximum atomic E-state index is 12.1. The SMILES string of the molecule is CC(C)c1cc(C(=O)Nc2cccc(C(C)C(=O)O)c2)no1. The fraction of sp³-hybridized carbons (Fsp3) is 0.312. The first-order chi connectivity index (χ1) is 10.4. The lowest BCUT2D eigenvalue weighted by Crippen LogP contribution is -2.13. The summed E-state index contributed by atoms with van der Waals surface area (Å²) < 4.78 is 5.09. The Labute approximate surface area is 128 Å². The third-order valence-corrected chi connectivity index (χ3v) is 3.34. The van der Waals surface area contributed by atoms with Crippen molar-refractivity contribution >= 4 is 17.6 Å². The third-order valence-electron chi connectivity index (χ3n) is 3.34. The molecule has 0 aliphatic carbocycles. The molecule has 6 nitrogen and oxygen atoms in total. The Kier molecular flexibility index (Phi) is 4.60. The Morgan fingerprint density at radius 1 is 1.23 bits per heavy atom. The Morgan fingerprint density at radius 2 is 1.95 bits per heavy atom. The average Bonchev–Trinajstić information content (AvgIpc) is 2.96. The number of anilines is 1. The van der Waals surface area contributed by atoms with Crippen molar-refractivity contribution in [3.63, 3.8) is 0 Å². The average molecular weight is 302 g/mol. The van der Waals surface area contributed by atoms with E-state index in [0.29, 0.717) is 17.0 Å². The maximum Gasteiger partial charge on any atom is 0.310 e. The number of carbonyl (C=O) groups is 2. The minimum absolute atomic E-state index is 0.147. The molecule has 0 fully saturated rings. The highest BCUT2D eigenvalue weighted by Crippen LogP contribution is 2.20. The third kappa shape index (κ3) is 3.52. The van der Waals surface area contributed by atoms with Crippen molar-refractivity contribution in [2.45, 2.75) is 32.6 Å². The van der Waals surface area contributed by atoms with E-state index in [1.807, 2.05) is 13.8 Å². The molecule has 0 spiro atoms. The Hall–Kier alpha value is -2.63. The number of hydrogen-bond acceptors (Lipinski definition) is 4. The zero-order valence-electron chi connectivity index (χ0n) is 12.7. The molecule has 2 rings (SSSR count). The van der Waals surface area contributed by atoms with E-state index in [1.54, 1.807) is 37.3 Å². The predicted molar refractivity (Wildman–Crippen MR) is 81.0 cm³/mol. The van der Waals surface area contributed by atoms with E-state index in [0.717, 1.165) is 0 Å². The molecular weight excluding hydrogens is 284 g/mol. The number of benzene rings is 1. The van der Waals surface area contributed by atoms with E-state index >= 15 is 0 Å². The summed E-state index contributed by atoms with van der Waals surface area (Å²) in [5, 5.41) is 15.5. The minimum Gasteiger partial charge on any atom is -0.481 e. The Bertz CT molecular complexity index is 691. The molecule has 0 saturated carbocycles. The van der Waals surface area contributed by atoms with E-state index in [1.165, 1.54) is 0 Å². The van der Waals surface area contributed by atoms with Gasteiger partial charge in [-0.2, -0.15) is 0 Å². The number of nitrogens with zero attached hydrogens (tertiary/aromatic N) is 1. The van der Waals surface area contributed by atoms with Gasteiger partial charge in [-0.05, 0) is 24.6 Å². The number of carboxylic acid groups (broad SMARTS) is 1. The highest BCUT2D eigenvalue weighted by atomic mass is 16.5. The zero-order valence-corrected chi connectivity index (χ0v) is 12.7. The van der Waals surface area contributed by atoms with Gasteiger partial charge in [0.25, 0.3) is 5.91 Å². The Morgan fingerprint density at radius 3 is 2.55 bits per heavy atom. The first kappa shape index (κ1) is 15.8. The van der Waals surface area contributed by atoms with Gasteiger partial charge in [0.05, 0.1) is 5.92 Å². The zero-order chi connectivity index (χ0) is 16.3. The fourth-order valence-electron chi connectivity index (χ4n) is 1.89. The summed E-state index contributed by atoms with van der Waals surface area (Å²) in [5.74, 6) is -1.17. The van der Waals surface area contributed by atoms with Crippen LogP contribution in [0.15, 0.2) is 34.9 Å². The quantitative estimate of drug-likeness (QED) is 0.884. The van der Waals surface area contributed by atoms with Crippen molar-refractivity contribution in [2.24, 2.45) is 0 Å². The fourth-order valence-corrected chi connectivity index (χ4v) is 1.89. The van der Waals surface area contributed by atoms with Crippen LogP contribution in [0.5, 0.6) is 0 Å². The lowest BCUT2D eigenvalue weighted by atomic mass is 10.0. The Balaban J connectivity index is 2.14. The van der Waals surface area contributed by atoms with E-state index in [-0.39, 0.29) is 11.6 Å². The van der Waals surface area contributed by atoms with Crippen molar-refractivity contribution in [3.8, 4) is 0 Å². The molecule has 116 valence electrons. The van der Waals surface area contributed by atoms with Gasteiger partial charge in [-0.15, -0.1) is 0 Å². The number of carboxylic acids is 1. The van der Waals surface area contributed by atoms with E-state index < -0.39 is 17.8 Å². The standard InChI is InChI=1S/C16H18N2O4/c1-9(2)14-8-13(18-22-14)15(19)17-12-6-4-5-11(7-12)10(3)16(20)21/h4-10H,1-3H3,(H,17,19)(H,20,21). The summed E-state index contributed by atoms with van der Waals surface area (Å²) in [7, 11) is 0. The molecule has 0 bridgehead atoms. The molecule has 0 aliphatic heterocycles. The van der Waals surface area contributed by atoms with E-state index in [9.17, 15) is 9.59 Å². The highest BCUT2D eigenvalue weighted by Gasteiger charge is 2.16. The lowest BCUT2D eigenvalue weighted by molar-refractivity contribution is -0.138. The summed E-state index contributed by atoms with van der Waals surface area (Å²) in [6.07, 6.45) is 0. The molecule has 2 aromatic rings. The van der Waals surface area contributed by atoms with E-state index in [2.05, 4.69) is 10.5 Å². The van der Waals surface area contributed by atoms with Crippen molar-refractivity contribution in [2.75, 3.05) is 5.32 Å². The first-order valence-corrected chi connectivity index (χ1v) is 6.99. The van der Waals surface area contributed by atoms with Gasteiger partial charge in [0, 0.05) is 17.7 Å². The van der Waals surface area contributed by atoms with Crippen LogP contribution in [0.3, 0.4) is 0 Å². The smallest absolute Gasteiger partial charge is 0.310 e. The first-order valence-electron chi connectivity index (χ1n) is 6.99. The van der Waals surface area contributed by atoms with Crippen molar-refractivity contribution in [3.05, 3.63) is 47.3 Å². The second-order valence-electron chi connectivity index (χ2n) is 5.41. The predicted octanol–water partition coefficient (Wildman–Crippen LogP) is 3.24. The summed E-state index contributed by atoms with van der Waals surface area (Å²) in [5.41, 5.74) is 1.33.